The molecule has 0 radical (unpaired) electrons. The zero-order valence-corrected chi connectivity index (χ0v) is 19.6. The molecule has 178 valence electrons. The molecule has 3 amide bonds. The number of fused-ring (bicyclic) bond motifs is 1. The SMILES string of the molecule is O=C(NCc1ccc(Cl)cc1)c1ccc2n(c1=O)CCN(CC1(C(=O)N3CCCC3)CC1)C2=O. The van der Waals surface area contributed by atoms with Crippen molar-refractivity contribution in [3.05, 3.63) is 68.6 Å². The highest BCUT2D eigenvalue weighted by Gasteiger charge is 2.53. The van der Waals surface area contributed by atoms with E-state index in [1.807, 2.05) is 4.90 Å². The Labute approximate surface area is 202 Å². The van der Waals surface area contributed by atoms with Crippen molar-refractivity contribution in [1.29, 1.82) is 0 Å². The van der Waals surface area contributed by atoms with Crippen molar-refractivity contribution >= 4 is 29.3 Å². The molecule has 9 heteroatoms. The van der Waals surface area contributed by atoms with E-state index >= 15 is 0 Å². The lowest BCUT2D eigenvalue weighted by Crippen LogP contribution is -2.50. The van der Waals surface area contributed by atoms with Crippen LogP contribution in [0.25, 0.3) is 0 Å². The number of hydrogen-bond donors (Lipinski definition) is 1. The number of benzene rings is 1. The Morgan fingerprint density at radius 3 is 2.32 bits per heavy atom. The Kier molecular flexibility index (Phi) is 5.93. The van der Waals surface area contributed by atoms with E-state index in [1.54, 1.807) is 29.2 Å². The Bertz CT molecular complexity index is 1200. The van der Waals surface area contributed by atoms with Gasteiger partial charge in [-0.1, -0.05) is 23.7 Å². The molecule has 0 atom stereocenters. The number of carbonyl (C=O) groups is 3. The van der Waals surface area contributed by atoms with Gasteiger partial charge in [0, 0.05) is 44.3 Å². The first-order valence-corrected chi connectivity index (χ1v) is 12.1. The van der Waals surface area contributed by atoms with Crippen LogP contribution in [-0.2, 0) is 17.9 Å². The summed E-state index contributed by atoms with van der Waals surface area (Å²) in [6.07, 6.45) is 3.67. The highest BCUT2D eigenvalue weighted by atomic mass is 35.5. The van der Waals surface area contributed by atoms with E-state index in [0.717, 1.165) is 44.3 Å². The first-order chi connectivity index (χ1) is 16.4. The van der Waals surface area contributed by atoms with Crippen molar-refractivity contribution in [2.45, 2.75) is 38.8 Å². The number of pyridine rings is 1. The lowest BCUT2D eigenvalue weighted by molar-refractivity contribution is -0.136. The molecule has 2 aromatic rings. The molecule has 8 nitrogen and oxygen atoms in total. The van der Waals surface area contributed by atoms with Crippen LogP contribution in [0.4, 0.5) is 0 Å². The van der Waals surface area contributed by atoms with Gasteiger partial charge in [-0.2, -0.15) is 0 Å². The van der Waals surface area contributed by atoms with Gasteiger partial charge in [-0.25, -0.2) is 0 Å². The minimum absolute atomic E-state index is 0.00170. The molecule has 34 heavy (non-hydrogen) atoms. The normalized spacial score (nSPS) is 18.6. The van der Waals surface area contributed by atoms with Crippen LogP contribution in [0.5, 0.6) is 0 Å². The number of halogens is 1. The van der Waals surface area contributed by atoms with Gasteiger partial charge in [0.05, 0.1) is 5.41 Å². The number of nitrogens with one attached hydrogen (secondary N) is 1. The van der Waals surface area contributed by atoms with E-state index in [4.69, 9.17) is 11.6 Å². The summed E-state index contributed by atoms with van der Waals surface area (Å²) in [7, 11) is 0. The van der Waals surface area contributed by atoms with Crippen molar-refractivity contribution in [3.63, 3.8) is 0 Å². The summed E-state index contributed by atoms with van der Waals surface area (Å²) in [5.41, 5.74) is 0.175. The van der Waals surface area contributed by atoms with E-state index in [0.29, 0.717) is 24.7 Å². The van der Waals surface area contributed by atoms with Gasteiger partial charge in [-0.3, -0.25) is 19.2 Å². The summed E-state index contributed by atoms with van der Waals surface area (Å²) in [5.74, 6) is -0.594. The van der Waals surface area contributed by atoms with Crippen LogP contribution in [-0.4, -0.2) is 58.3 Å². The van der Waals surface area contributed by atoms with Crippen molar-refractivity contribution in [3.8, 4) is 0 Å². The Hall–Kier alpha value is -3.13. The Morgan fingerprint density at radius 2 is 1.65 bits per heavy atom. The molecular weight excluding hydrogens is 456 g/mol. The monoisotopic (exact) mass is 482 g/mol. The summed E-state index contributed by atoms with van der Waals surface area (Å²) < 4.78 is 1.37. The first kappa shape index (κ1) is 22.7. The fourth-order valence-corrected chi connectivity index (χ4v) is 5.01. The number of nitrogens with zero attached hydrogens (tertiary/aromatic N) is 3. The third-order valence-electron chi connectivity index (χ3n) is 7.08. The molecule has 2 aliphatic heterocycles. The van der Waals surface area contributed by atoms with E-state index < -0.39 is 16.9 Å². The molecule has 3 aliphatic rings. The fraction of sp³-hybridized carbons (Fsp3) is 0.440. The molecule has 1 aliphatic carbocycles. The predicted molar refractivity (Wildman–Crippen MR) is 127 cm³/mol. The molecule has 1 saturated carbocycles. The van der Waals surface area contributed by atoms with Crippen LogP contribution in [0.2, 0.25) is 5.02 Å². The van der Waals surface area contributed by atoms with Crippen LogP contribution >= 0.6 is 11.6 Å². The molecule has 3 heterocycles. The lowest BCUT2D eigenvalue weighted by atomic mass is 10.0. The molecule has 2 fully saturated rings. The van der Waals surface area contributed by atoms with Gasteiger partial charge in [0.25, 0.3) is 17.4 Å². The minimum atomic E-state index is -0.488. The quantitative estimate of drug-likeness (QED) is 0.683. The summed E-state index contributed by atoms with van der Waals surface area (Å²) >= 11 is 5.88. The van der Waals surface area contributed by atoms with E-state index in [-0.39, 0.29) is 29.6 Å². The van der Waals surface area contributed by atoms with Gasteiger partial charge in [0.15, 0.2) is 0 Å². The van der Waals surface area contributed by atoms with Gasteiger partial charge in [-0.15, -0.1) is 0 Å². The number of aromatic nitrogens is 1. The van der Waals surface area contributed by atoms with Crippen molar-refractivity contribution in [2.24, 2.45) is 5.41 Å². The molecule has 1 N–H and O–H groups in total. The van der Waals surface area contributed by atoms with E-state index in [1.165, 1.54) is 16.7 Å². The molecule has 1 saturated heterocycles. The summed E-state index contributed by atoms with van der Waals surface area (Å²) in [6, 6.07) is 10.0. The van der Waals surface area contributed by atoms with Crippen LogP contribution in [0.1, 0.15) is 52.1 Å². The number of hydrogen-bond acceptors (Lipinski definition) is 4. The maximum Gasteiger partial charge on any atom is 0.270 e. The van der Waals surface area contributed by atoms with Crippen LogP contribution < -0.4 is 10.9 Å². The number of rotatable bonds is 6. The van der Waals surface area contributed by atoms with Crippen molar-refractivity contribution in [2.75, 3.05) is 26.2 Å². The zero-order chi connectivity index (χ0) is 23.9. The van der Waals surface area contributed by atoms with Gasteiger partial charge in [0.2, 0.25) is 5.91 Å². The Morgan fingerprint density at radius 1 is 0.941 bits per heavy atom. The second-order valence-electron chi connectivity index (χ2n) is 9.40. The molecule has 0 bridgehead atoms. The standard InChI is InChI=1S/C25H27ClN4O4/c26-18-5-3-17(4-6-18)15-27-21(31)19-7-8-20-23(33)29(13-14-30(20)22(19)32)16-25(9-10-25)24(34)28-11-1-2-12-28/h3-8H,1-2,9-16H2,(H,27,31). The fourth-order valence-electron chi connectivity index (χ4n) is 4.89. The highest BCUT2D eigenvalue weighted by Crippen LogP contribution is 2.48. The molecule has 5 rings (SSSR count). The number of likely N-dealkylation sites (tertiary alicyclic amines) is 1. The van der Waals surface area contributed by atoms with Gasteiger partial charge < -0.3 is 19.7 Å². The van der Waals surface area contributed by atoms with Crippen molar-refractivity contribution < 1.29 is 14.4 Å². The summed E-state index contributed by atoms with van der Waals surface area (Å²) in [5, 5.41) is 3.35. The van der Waals surface area contributed by atoms with Crippen LogP contribution in [0.3, 0.4) is 0 Å². The van der Waals surface area contributed by atoms with E-state index in [2.05, 4.69) is 5.32 Å². The smallest absolute Gasteiger partial charge is 0.270 e. The second kappa shape index (κ2) is 8.91. The van der Waals surface area contributed by atoms with Gasteiger partial charge in [0.1, 0.15) is 11.3 Å². The molecule has 0 unspecified atom stereocenters. The first-order valence-electron chi connectivity index (χ1n) is 11.7. The maximum absolute atomic E-state index is 13.2. The summed E-state index contributed by atoms with van der Waals surface area (Å²) in [4.78, 5) is 55.4. The number of amides is 3. The molecule has 1 aromatic heterocycles. The lowest BCUT2D eigenvalue weighted by Gasteiger charge is -2.33. The van der Waals surface area contributed by atoms with Crippen molar-refractivity contribution in [1.82, 2.24) is 19.7 Å². The average molecular weight is 483 g/mol. The zero-order valence-electron chi connectivity index (χ0n) is 18.9. The topological polar surface area (TPSA) is 91.7 Å². The highest BCUT2D eigenvalue weighted by molar-refractivity contribution is 6.30. The maximum atomic E-state index is 13.2. The average Bonchev–Trinajstić information content (AvgIpc) is 3.41. The van der Waals surface area contributed by atoms with Crippen LogP contribution in [0.15, 0.2) is 41.2 Å². The summed E-state index contributed by atoms with van der Waals surface area (Å²) in [6.45, 7) is 2.89. The second-order valence-corrected chi connectivity index (χ2v) is 9.84. The van der Waals surface area contributed by atoms with Gasteiger partial charge in [-0.05, 0) is 55.5 Å². The van der Waals surface area contributed by atoms with E-state index in [9.17, 15) is 19.2 Å². The molecule has 1 aromatic carbocycles. The molecule has 0 spiro atoms. The Balaban J connectivity index is 1.27. The third kappa shape index (κ3) is 4.22. The minimum Gasteiger partial charge on any atom is -0.348 e. The number of carbonyl (C=O) groups excluding carboxylic acids is 3. The third-order valence-corrected chi connectivity index (χ3v) is 7.33. The predicted octanol–water partition coefficient (Wildman–Crippen LogP) is 2.29. The largest absolute Gasteiger partial charge is 0.348 e. The van der Waals surface area contributed by atoms with Gasteiger partial charge >= 0.3 is 0 Å². The van der Waals surface area contributed by atoms with Crippen LogP contribution in [0, 0.1) is 5.41 Å². The molecular formula is C25H27ClN4O4.